The number of carbonyl (C=O) groups is 1. The van der Waals surface area contributed by atoms with E-state index in [4.69, 9.17) is 9.84 Å². The highest BCUT2D eigenvalue weighted by Crippen LogP contribution is 2.29. The Morgan fingerprint density at radius 2 is 2.24 bits per heavy atom. The quantitative estimate of drug-likeness (QED) is 0.802. The summed E-state index contributed by atoms with van der Waals surface area (Å²) in [5.74, 6) is -3.92. The van der Waals surface area contributed by atoms with Crippen molar-refractivity contribution in [2.75, 3.05) is 33.4 Å². The van der Waals surface area contributed by atoms with Gasteiger partial charge in [0.05, 0.1) is 6.61 Å². The standard InChI is InChI=1S/C10H16F3NO3/c1-17-6-7-2-3-14(4-7)5-8(9(15)16)10(11,12)13/h7-8H,2-6H2,1H3,(H,15,16). The predicted molar refractivity (Wildman–Crippen MR) is 53.6 cm³/mol. The van der Waals surface area contributed by atoms with Gasteiger partial charge in [0.15, 0.2) is 5.92 Å². The van der Waals surface area contributed by atoms with Gasteiger partial charge in [0.25, 0.3) is 0 Å². The van der Waals surface area contributed by atoms with E-state index in [1.54, 1.807) is 7.11 Å². The molecule has 2 atom stereocenters. The number of ether oxygens (including phenoxy) is 1. The molecule has 0 saturated carbocycles. The van der Waals surface area contributed by atoms with Gasteiger partial charge >= 0.3 is 12.1 Å². The lowest BCUT2D eigenvalue weighted by atomic mass is 10.1. The second-order valence-corrected chi connectivity index (χ2v) is 4.30. The highest BCUT2D eigenvalue weighted by atomic mass is 19.4. The normalized spacial score (nSPS) is 23.9. The van der Waals surface area contributed by atoms with E-state index in [-0.39, 0.29) is 5.92 Å². The van der Waals surface area contributed by atoms with Gasteiger partial charge in [0.2, 0.25) is 0 Å². The molecule has 0 aromatic heterocycles. The van der Waals surface area contributed by atoms with Crippen LogP contribution >= 0.6 is 0 Å². The lowest BCUT2D eigenvalue weighted by molar-refractivity contribution is -0.196. The Labute approximate surface area is 97.3 Å². The van der Waals surface area contributed by atoms with Gasteiger partial charge < -0.3 is 14.7 Å². The number of likely N-dealkylation sites (tertiary alicyclic amines) is 1. The number of nitrogens with zero attached hydrogens (tertiary/aromatic N) is 1. The van der Waals surface area contributed by atoms with Crippen LogP contribution in [0.3, 0.4) is 0 Å². The maximum Gasteiger partial charge on any atom is 0.403 e. The van der Waals surface area contributed by atoms with Crippen molar-refractivity contribution in [1.29, 1.82) is 0 Å². The Balaban J connectivity index is 2.50. The van der Waals surface area contributed by atoms with E-state index in [0.29, 0.717) is 19.7 Å². The van der Waals surface area contributed by atoms with Crippen molar-refractivity contribution in [1.82, 2.24) is 4.90 Å². The number of alkyl halides is 3. The van der Waals surface area contributed by atoms with Crippen LogP contribution in [0.25, 0.3) is 0 Å². The van der Waals surface area contributed by atoms with Gasteiger partial charge in [-0.3, -0.25) is 4.79 Å². The molecule has 1 heterocycles. The summed E-state index contributed by atoms with van der Waals surface area (Å²) in [6.45, 7) is 0.987. The van der Waals surface area contributed by atoms with Crippen molar-refractivity contribution in [2.24, 2.45) is 11.8 Å². The van der Waals surface area contributed by atoms with E-state index in [1.807, 2.05) is 0 Å². The topological polar surface area (TPSA) is 49.8 Å². The molecule has 0 amide bonds. The smallest absolute Gasteiger partial charge is 0.403 e. The molecule has 1 saturated heterocycles. The van der Waals surface area contributed by atoms with Crippen LogP contribution < -0.4 is 0 Å². The number of hydrogen-bond acceptors (Lipinski definition) is 3. The zero-order valence-electron chi connectivity index (χ0n) is 9.54. The first-order valence-electron chi connectivity index (χ1n) is 5.35. The number of rotatable bonds is 5. The van der Waals surface area contributed by atoms with Gasteiger partial charge in [0.1, 0.15) is 0 Å². The van der Waals surface area contributed by atoms with Crippen LogP contribution in [-0.2, 0) is 9.53 Å². The molecule has 1 N–H and O–H groups in total. The maximum atomic E-state index is 12.4. The summed E-state index contributed by atoms with van der Waals surface area (Å²) in [5, 5.41) is 8.57. The molecule has 7 heteroatoms. The Kier molecular flexibility index (Phi) is 4.76. The Hall–Kier alpha value is -0.820. The highest BCUT2D eigenvalue weighted by Gasteiger charge is 2.46. The average molecular weight is 255 g/mol. The fraction of sp³-hybridized carbons (Fsp3) is 0.900. The lowest BCUT2D eigenvalue weighted by Gasteiger charge is -2.22. The first-order valence-corrected chi connectivity index (χ1v) is 5.35. The third kappa shape index (κ3) is 4.16. The Morgan fingerprint density at radius 1 is 1.59 bits per heavy atom. The first-order chi connectivity index (χ1) is 7.84. The molecule has 1 fully saturated rings. The molecule has 0 aliphatic carbocycles. The van der Waals surface area contributed by atoms with Crippen LogP contribution in [-0.4, -0.2) is 55.5 Å². The average Bonchev–Trinajstić information content (AvgIpc) is 2.60. The summed E-state index contributed by atoms with van der Waals surface area (Å²) in [4.78, 5) is 12.1. The van der Waals surface area contributed by atoms with Crippen LogP contribution in [0.2, 0.25) is 0 Å². The minimum atomic E-state index is -4.69. The third-order valence-electron chi connectivity index (χ3n) is 2.91. The van der Waals surface area contributed by atoms with Gasteiger partial charge in [0, 0.05) is 20.2 Å². The molecule has 17 heavy (non-hydrogen) atoms. The van der Waals surface area contributed by atoms with Crippen LogP contribution in [0.4, 0.5) is 13.2 Å². The summed E-state index contributed by atoms with van der Waals surface area (Å²) in [6, 6.07) is 0. The number of halogens is 3. The van der Waals surface area contributed by atoms with Gasteiger partial charge in [-0.25, -0.2) is 0 Å². The summed E-state index contributed by atoms with van der Waals surface area (Å²) >= 11 is 0. The second kappa shape index (κ2) is 5.68. The van der Waals surface area contributed by atoms with Crippen molar-refractivity contribution < 1.29 is 27.8 Å². The Bertz CT molecular complexity index is 270. The zero-order chi connectivity index (χ0) is 13.1. The first kappa shape index (κ1) is 14.2. The summed E-state index contributed by atoms with van der Waals surface area (Å²) in [7, 11) is 1.54. The van der Waals surface area contributed by atoms with Crippen molar-refractivity contribution in [3.8, 4) is 0 Å². The van der Waals surface area contributed by atoms with Gasteiger partial charge in [-0.1, -0.05) is 0 Å². The van der Waals surface area contributed by atoms with Crippen molar-refractivity contribution in [3.63, 3.8) is 0 Å². The summed E-state index contributed by atoms with van der Waals surface area (Å²) < 4.78 is 42.2. The monoisotopic (exact) mass is 255 g/mol. The molecular formula is C10H16F3NO3. The SMILES string of the molecule is COCC1CCN(CC(C(=O)O)C(F)(F)F)C1. The number of aliphatic carboxylic acids is 1. The van der Waals surface area contributed by atoms with E-state index >= 15 is 0 Å². The minimum Gasteiger partial charge on any atom is -0.481 e. The summed E-state index contributed by atoms with van der Waals surface area (Å²) in [6.07, 6.45) is -3.94. The molecule has 0 aromatic rings. The molecule has 2 unspecified atom stereocenters. The van der Waals surface area contributed by atoms with Crippen LogP contribution in [0.5, 0.6) is 0 Å². The number of hydrogen-bond donors (Lipinski definition) is 1. The molecule has 0 radical (unpaired) electrons. The van der Waals surface area contributed by atoms with Crippen LogP contribution in [0, 0.1) is 11.8 Å². The van der Waals surface area contributed by atoms with E-state index in [9.17, 15) is 18.0 Å². The van der Waals surface area contributed by atoms with Crippen molar-refractivity contribution in [2.45, 2.75) is 12.6 Å². The second-order valence-electron chi connectivity index (χ2n) is 4.30. The molecule has 1 aliphatic rings. The molecule has 0 bridgehead atoms. The highest BCUT2D eigenvalue weighted by molar-refractivity contribution is 5.71. The molecule has 4 nitrogen and oxygen atoms in total. The van der Waals surface area contributed by atoms with Gasteiger partial charge in [-0.2, -0.15) is 13.2 Å². The molecule has 0 spiro atoms. The van der Waals surface area contributed by atoms with E-state index < -0.39 is 24.6 Å². The maximum absolute atomic E-state index is 12.4. The largest absolute Gasteiger partial charge is 0.481 e. The van der Waals surface area contributed by atoms with Crippen LogP contribution in [0.1, 0.15) is 6.42 Å². The van der Waals surface area contributed by atoms with Gasteiger partial charge in [-0.15, -0.1) is 0 Å². The molecule has 1 rings (SSSR count). The number of carboxylic acids is 1. The van der Waals surface area contributed by atoms with E-state index in [0.717, 1.165) is 6.42 Å². The zero-order valence-corrected chi connectivity index (χ0v) is 9.54. The third-order valence-corrected chi connectivity index (χ3v) is 2.91. The fourth-order valence-corrected chi connectivity index (χ4v) is 2.03. The minimum absolute atomic E-state index is 0.197. The van der Waals surface area contributed by atoms with Crippen molar-refractivity contribution >= 4 is 5.97 Å². The van der Waals surface area contributed by atoms with Crippen LogP contribution in [0.15, 0.2) is 0 Å². The number of methoxy groups -OCH3 is 1. The van der Waals surface area contributed by atoms with Crippen molar-refractivity contribution in [3.05, 3.63) is 0 Å². The fourth-order valence-electron chi connectivity index (χ4n) is 2.03. The molecule has 1 aliphatic heterocycles. The molecular weight excluding hydrogens is 239 g/mol. The molecule has 100 valence electrons. The lowest BCUT2D eigenvalue weighted by Crippen LogP contribution is -2.40. The Morgan fingerprint density at radius 3 is 2.71 bits per heavy atom. The van der Waals surface area contributed by atoms with E-state index in [2.05, 4.69) is 0 Å². The number of carboxylic acid groups (broad SMARTS) is 1. The predicted octanol–water partition coefficient (Wildman–Crippen LogP) is 1.22. The molecule has 0 aromatic carbocycles. The van der Waals surface area contributed by atoms with Gasteiger partial charge in [-0.05, 0) is 18.9 Å². The van der Waals surface area contributed by atoms with E-state index in [1.165, 1.54) is 4.90 Å². The summed E-state index contributed by atoms with van der Waals surface area (Å²) in [5.41, 5.74) is 0.